The Bertz CT molecular complexity index is 713. The van der Waals surface area contributed by atoms with E-state index in [1.54, 1.807) is 20.3 Å². The van der Waals surface area contributed by atoms with E-state index in [9.17, 15) is 4.79 Å². The smallest absolute Gasteiger partial charge is 0.233 e. The molecule has 24 heavy (non-hydrogen) atoms. The number of nitrogens with zero attached hydrogens (tertiary/aromatic N) is 3. The van der Waals surface area contributed by atoms with Gasteiger partial charge in [0.2, 0.25) is 11.1 Å². The molecule has 0 bridgehead atoms. The van der Waals surface area contributed by atoms with Crippen LogP contribution in [0.3, 0.4) is 0 Å². The van der Waals surface area contributed by atoms with Gasteiger partial charge in [0, 0.05) is 19.2 Å². The van der Waals surface area contributed by atoms with Crippen LogP contribution in [0, 0.1) is 0 Å². The Morgan fingerprint density at radius 3 is 2.79 bits per heavy atom. The van der Waals surface area contributed by atoms with E-state index in [0.717, 1.165) is 31.5 Å². The molecule has 0 radical (unpaired) electrons. The van der Waals surface area contributed by atoms with Gasteiger partial charge in [-0.3, -0.25) is 9.89 Å². The first kappa shape index (κ1) is 16.6. The topological polar surface area (TPSA) is 80.3 Å². The zero-order valence-corrected chi connectivity index (χ0v) is 14.6. The molecule has 7 nitrogen and oxygen atoms in total. The fraction of sp³-hybridized carbons (Fsp3) is 0.438. The number of benzene rings is 1. The Labute approximate surface area is 144 Å². The van der Waals surface area contributed by atoms with E-state index in [2.05, 4.69) is 15.2 Å². The van der Waals surface area contributed by atoms with Crippen molar-refractivity contribution in [3.63, 3.8) is 0 Å². The maximum Gasteiger partial charge on any atom is 0.233 e. The molecule has 1 aromatic heterocycles. The molecule has 0 saturated carbocycles. The number of thioether (sulfide) groups is 1. The molecule has 2 aromatic rings. The highest BCUT2D eigenvalue weighted by atomic mass is 32.2. The predicted molar refractivity (Wildman–Crippen MR) is 91.5 cm³/mol. The van der Waals surface area contributed by atoms with Crippen LogP contribution in [0.25, 0.3) is 11.4 Å². The monoisotopic (exact) mass is 348 g/mol. The van der Waals surface area contributed by atoms with Crippen LogP contribution in [-0.4, -0.2) is 59.1 Å². The molecular weight excluding hydrogens is 328 g/mol. The summed E-state index contributed by atoms with van der Waals surface area (Å²) in [4.78, 5) is 18.4. The summed E-state index contributed by atoms with van der Waals surface area (Å²) >= 11 is 1.34. The van der Waals surface area contributed by atoms with Crippen molar-refractivity contribution in [2.45, 2.75) is 18.0 Å². The van der Waals surface area contributed by atoms with Crippen molar-refractivity contribution in [2.24, 2.45) is 0 Å². The number of hydrogen-bond acceptors (Lipinski definition) is 6. The number of carbonyl (C=O) groups is 1. The second-order valence-corrected chi connectivity index (χ2v) is 6.35. The highest BCUT2D eigenvalue weighted by molar-refractivity contribution is 7.99. The van der Waals surface area contributed by atoms with Gasteiger partial charge in [-0.15, -0.1) is 5.10 Å². The molecule has 1 amide bonds. The average molecular weight is 348 g/mol. The second kappa shape index (κ2) is 7.57. The number of methoxy groups -OCH3 is 2. The van der Waals surface area contributed by atoms with Gasteiger partial charge in [-0.1, -0.05) is 11.8 Å². The SMILES string of the molecule is COc1ccc(-c2nc(SCC(=O)N3CCCC3)n[nH]2)c(OC)c1. The molecule has 128 valence electrons. The second-order valence-electron chi connectivity index (χ2n) is 5.41. The number of aromatic amines is 1. The number of nitrogens with one attached hydrogen (secondary N) is 1. The minimum atomic E-state index is 0.144. The molecule has 3 rings (SSSR count). The summed E-state index contributed by atoms with van der Waals surface area (Å²) < 4.78 is 10.6. The van der Waals surface area contributed by atoms with E-state index < -0.39 is 0 Å². The van der Waals surface area contributed by atoms with Gasteiger partial charge >= 0.3 is 0 Å². The van der Waals surface area contributed by atoms with Gasteiger partial charge in [0.05, 0.1) is 25.5 Å². The molecule has 1 saturated heterocycles. The number of H-pyrrole nitrogens is 1. The molecule has 1 fully saturated rings. The quantitative estimate of drug-likeness (QED) is 0.806. The standard InChI is InChI=1S/C16H20N4O3S/c1-22-11-5-6-12(13(9-11)23-2)15-17-16(19-18-15)24-10-14(21)20-7-3-4-8-20/h5-6,9H,3-4,7-8,10H2,1-2H3,(H,17,18,19). The van der Waals surface area contributed by atoms with E-state index in [4.69, 9.17) is 9.47 Å². The normalized spacial score (nSPS) is 14.0. The fourth-order valence-electron chi connectivity index (χ4n) is 2.61. The van der Waals surface area contributed by atoms with E-state index in [-0.39, 0.29) is 5.91 Å². The van der Waals surface area contributed by atoms with Gasteiger partial charge in [-0.05, 0) is 25.0 Å². The van der Waals surface area contributed by atoms with Gasteiger partial charge in [0.1, 0.15) is 11.5 Å². The van der Waals surface area contributed by atoms with Crippen LogP contribution in [0.1, 0.15) is 12.8 Å². The zero-order valence-electron chi connectivity index (χ0n) is 13.7. The molecule has 0 unspecified atom stereocenters. The first-order valence-electron chi connectivity index (χ1n) is 7.76. The van der Waals surface area contributed by atoms with Crippen LogP contribution in [0.15, 0.2) is 23.4 Å². The number of carbonyl (C=O) groups excluding carboxylic acids is 1. The fourth-order valence-corrected chi connectivity index (χ4v) is 3.31. The van der Waals surface area contributed by atoms with Gasteiger partial charge in [-0.25, -0.2) is 4.98 Å². The number of ether oxygens (including phenoxy) is 2. The van der Waals surface area contributed by atoms with Crippen molar-refractivity contribution < 1.29 is 14.3 Å². The lowest BCUT2D eigenvalue weighted by atomic mass is 10.2. The Kier molecular flexibility index (Phi) is 5.24. The molecule has 0 aliphatic carbocycles. The minimum absolute atomic E-state index is 0.144. The van der Waals surface area contributed by atoms with Crippen LogP contribution in [0.2, 0.25) is 0 Å². The van der Waals surface area contributed by atoms with Gasteiger partial charge in [-0.2, -0.15) is 0 Å². The van der Waals surface area contributed by atoms with Gasteiger partial charge < -0.3 is 14.4 Å². The van der Waals surface area contributed by atoms with Crippen molar-refractivity contribution in [3.05, 3.63) is 18.2 Å². The van der Waals surface area contributed by atoms with E-state index in [1.165, 1.54) is 11.8 Å². The van der Waals surface area contributed by atoms with Crippen LogP contribution >= 0.6 is 11.8 Å². The summed E-state index contributed by atoms with van der Waals surface area (Å²) in [5.74, 6) is 2.46. The third kappa shape index (κ3) is 3.64. The van der Waals surface area contributed by atoms with Gasteiger partial charge in [0.25, 0.3) is 0 Å². The number of rotatable bonds is 6. The molecule has 8 heteroatoms. The zero-order chi connectivity index (χ0) is 16.9. The third-order valence-electron chi connectivity index (χ3n) is 3.91. The summed E-state index contributed by atoms with van der Waals surface area (Å²) in [5.41, 5.74) is 0.795. The van der Waals surface area contributed by atoms with Crippen molar-refractivity contribution >= 4 is 17.7 Å². The Balaban J connectivity index is 1.68. The summed E-state index contributed by atoms with van der Waals surface area (Å²) in [5, 5.41) is 7.63. The first-order valence-corrected chi connectivity index (χ1v) is 8.75. The van der Waals surface area contributed by atoms with E-state index in [1.807, 2.05) is 17.0 Å². The minimum Gasteiger partial charge on any atom is -0.497 e. The molecule has 1 aliphatic rings. The Morgan fingerprint density at radius 2 is 2.08 bits per heavy atom. The average Bonchev–Trinajstić information content (AvgIpc) is 3.30. The molecule has 2 heterocycles. The lowest BCUT2D eigenvalue weighted by Gasteiger charge is -2.13. The first-order chi connectivity index (χ1) is 11.7. The third-order valence-corrected chi connectivity index (χ3v) is 4.74. The molecule has 0 atom stereocenters. The van der Waals surface area contributed by atoms with Gasteiger partial charge in [0.15, 0.2) is 5.82 Å². The van der Waals surface area contributed by atoms with Crippen molar-refractivity contribution in [3.8, 4) is 22.9 Å². The lowest BCUT2D eigenvalue weighted by Crippen LogP contribution is -2.29. The van der Waals surface area contributed by atoms with Crippen molar-refractivity contribution in [1.82, 2.24) is 20.1 Å². The van der Waals surface area contributed by atoms with Crippen LogP contribution in [0.5, 0.6) is 11.5 Å². The van der Waals surface area contributed by atoms with E-state index in [0.29, 0.717) is 28.2 Å². The maximum absolute atomic E-state index is 12.1. The summed E-state index contributed by atoms with van der Waals surface area (Å²) in [6.07, 6.45) is 2.19. The highest BCUT2D eigenvalue weighted by Gasteiger charge is 2.19. The predicted octanol–water partition coefficient (Wildman–Crippen LogP) is 2.20. The lowest BCUT2D eigenvalue weighted by molar-refractivity contribution is -0.127. The summed E-state index contributed by atoms with van der Waals surface area (Å²) in [6.45, 7) is 1.73. The number of likely N-dealkylation sites (tertiary alicyclic amines) is 1. The van der Waals surface area contributed by atoms with E-state index >= 15 is 0 Å². The van der Waals surface area contributed by atoms with Crippen LogP contribution < -0.4 is 9.47 Å². The maximum atomic E-state index is 12.1. The number of aromatic nitrogens is 3. The Morgan fingerprint density at radius 1 is 1.29 bits per heavy atom. The molecule has 1 N–H and O–H groups in total. The number of hydrogen-bond donors (Lipinski definition) is 1. The van der Waals surface area contributed by atoms with Crippen molar-refractivity contribution in [2.75, 3.05) is 33.1 Å². The molecule has 1 aliphatic heterocycles. The molecule has 0 spiro atoms. The number of amides is 1. The largest absolute Gasteiger partial charge is 0.497 e. The van der Waals surface area contributed by atoms with Crippen molar-refractivity contribution in [1.29, 1.82) is 0 Å². The highest BCUT2D eigenvalue weighted by Crippen LogP contribution is 2.32. The molecular formula is C16H20N4O3S. The molecule has 1 aromatic carbocycles. The summed E-state index contributed by atoms with van der Waals surface area (Å²) in [7, 11) is 3.20. The van der Waals surface area contributed by atoms with Crippen LogP contribution in [0.4, 0.5) is 0 Å². The Hall–Kier alpha value is -2.22. The summed E-state index contributed by atoms with van der Waals surface area (Å²) in [6, 6.07) is 5.49. The van der Waals surface area contributed by atoms with Crippen LogP contribution in [-0.2, 0) is 4.79 Å².